The van der Waals surface area contributed by atoms with Gasteiger partial charge < -0.3 is 15.3 Å². The molecule has 0 spiro atoms. The van der Waals surface area contributed by atoms with E-state index in [1.807, 2.05) is 0 Å². The Kier molecular flexibility index (Phi) is 5.36. The van der Waals surface area contributed by atoms with E-state index < -0.39 is 12.0 Å². The van der Waals surface area contributed by atoms with E-state index in [1.54, 1.807) is 6.92 Å². The van der Waals surface area contributed by atoms with Gasteiger partial charge in [0, 0.05) is 20.0 Å². The van der Waals surface area contributed by atoms with Crippen molar-refractivity contribution in [3.63, 3.8) is 0 Å². The second-order valence-electron chi connectivity index (χ2n) is 3.44. The average Bonchev–Trinajstić information content (AvgIpc) is 2.00. The Balaban J connectivity index is 3.93. The van der Waals surface area contributed by atoms with Crippen LogP contribution in [0.15, 0.2) is 0 Å². The molecule has 0 aliphatic heterocycles. The molecule has 0 aromatic heterocycles. The smallest absolute Gasteiger partial charge is 0.305 e. The summed E-state index contributed by atoms with van der Waals surface area (Å²) in [5.41, 5.74) is 0. The van der Waals surface area contributed by atoms with Crippen LogP contribution in [0.1, 0.15) is 20.3 Å². The predicted molar refractivity (Wildman–Crippen MR) is 53.2 cm³/mol. The van der Waals surface area contributed by atoms with Crippen LogP contribution in [-0.4, -0.2) is 47.4 Å². The highest BCUT2D eigenvalue weighted by atomic mass is 16.4. The van der Waals surface area contributed by atoms with Gasteiger partial charge in [0.25, 0.3) is 0 Å². The summed E-state index contributed by atoms with van der Waals surface area (Å²) in [6.45, 7) is 2.90. The molecule has 1 unspecified atom stereocenters. The van der Waals surface area contributed by atoms with Crippen molar-refractivity contribution in [2.75, 3.05) is 13.6 Å². The summed E-state index contributed by atoms with van der Waals surface area (Å²) >= 11 is 0. The summed E-state index contributed by atoms with van der Waals surface area (Å²) in [5, 5.41) is 10.9. The lowest BCUT2D eigenvalue weighted by atomic mass is 10.2. The minimum atomic E-state index is -0.970. The maximum Gasteiger partial charge on any atom is 0.305 e. The van der Waals surface area contributed by atoms with Crippen molar-refractivity contribution in [3.8, 4) is 0 Å². The van der Waals surface area contributed by atoms with Crippen LogP contribution < -0.4 is 5.32 Å². The molecule has 0 bridgehead atoms. The van der Waals surface area contributed by atoms with Crippen molar-refractivity contribution < 1.29 is 19.5 Å². The zero-order valence-corrected chi connectivity index (χ0v) is 9.11. The van der Waals surface area contributed by atoms with E-state index in [-0.39, 0.29) is 24.8 Å². The molecule has 0 aliphatic carbocycles. The summed E-state index contributed by atoms with van der Waals surface area (Å²) in [5.74, 6) is -1.54. The van der Waals surface area contributed by atoms with Crippen molar-refractivity contribution in [2.24, 2.45) is 0 Å². The number of carboxylic acids is 1. The SMILES string of the molecule is CC(=O)N(C)CC(=O)NC(C)CC(=O)O. The molecule has 0 saturated carbocycles. The summed E-state index contributed by atoms with van der Waals surface area (Å²) in [6, 6.07) is -0.435. The molecule has 0 heterocycles. The number of hydrogen-bond donors (Lipinski definition) is 2. The zero-order valence-electron chi connectivity index (χ0n) is 9.11. The lowest BCUT2D eigenvalue weighted by molar-refractivity contribution is -0.138. The Morgan fingerprint density at radius 3 is 2.33 bits per heavy atom. The molecule has 0 rings (SSSR count). The number of carbonyl (C=O) groups excluding carboxylic acids is 2. The van der Waals surface area contributed by atoms with Gasteiger partial charge in [0.2, 0.25) is 11.8 Å². The van der Waals surface area contributed by atoms with Crippen molar-refractivity contribution in [3.05, 3.63) is 0 Å². The third-order valence-electron chi connectivity index (χ3n) is 1.81. The minimum absolute atomic E-state index is 0.0563. The molecule has 2 N–H and O–H groups in total. The highest BCUT2D eigenvalue weighted by Gasteiger charge is 2.13. The van der Waals surface area contributed by atoms with Crippen LogP contribution >= 0.6 is 0 Å². The molecule has 0 radical (unpaired) electrons. The maximum atomic E-state index is 11.3. The number of likely N-dealkylation sites (N-methyl/N-ethyl adjacent to an activating group) is 1. The van der Waals surface area contributed by atoms with Crippen molar-refractivity contribution in [2.45, 2.75) is 26.3 Å². The lowest BCUT2D eigenvalue weighted by Crippen LogP contribution is -2.41. The number of amides is 2. The average molecular weight is 216 g/mol. The van der Waals surface area contributed by atoms with Crippen molar-refractivity contribution in [1.29, 1.82) is 0 Å². The summed E-state index contributed by atoms with van der Waals surface area (Å²) in [6.07, 6.45) is -0.129. The fourth-order valence-corrected chi connectivity index (χ4v) is 0.960. The van der Waals surface area contributed by atoms with Gasteiger partial charge >= 0.3 is 5.97 Å². The van der Waals surface area contributed by atoms with Gasteiger partial charge in [-0.25, -0.2) is 0 Å². The number of nitrogens with zero attached hydrogens (tertiary/aromatic N) is 1. The maximum absolute atomic E-state index is 11.3. The lowest BCUT2D eigenvalue weighted by Gasteiger charge is -2.16. The summed E-state index contributed by atoms with van der Waals surface area (Å²) in [7, 11) is 1.50. The van der Waals surface area contributed by atoms with Gasteiger partial charge in [0.05, 0.1) is 13.0 Å². The Morgan fingerprint density at radius 2 is 1.93 bits per heavy atom. The number of carboxylic acid groups (broad SMARTS) is 1. The monoisotopic (exact) mass is 216 g/mol. The first-order valence-electron chi connectivity index (χ1n) is 4.55. The molecule has 0 aromatic rings. The molecular formula is C9H16N2O4. The van der Waals surface area contributed by atoms with Crippen LogP contribution in [0, 0.1) is 0 Å². The van der Waals surface area contributed by atoms with Crippen LogP contribution in [0.4, 0.5) is 0 Å². The Hall–Kier alpha value is -1.59. The zero-order chi connectivity index (χ0) is 12.0. The highest BCUT2D eigenvalue weighted by Crippen LogP contribution is 1.91. The predicted octanol–water partition coefficient (Wildman–Crippen LogP) is -0.556. The van der Waals surface area contributed by atoms with E-state index in [4.69, 9.17) is 5.11 Å². The highest BCUT2D eigenvalue weighted by molar-refractivity contribution is 5.84. The third-order valence-corrected chi connectivity index (χ3v) is 1.81. The van der Waals surface area contributed by atoms with E-state index in [0.29, 0.717) is 0 Å². The second kappa shape index (κ2) is 6.00. The molecule has 6 nitrogen and oxygen atoms in total. The Bertz CT molecular complexity index is 265. The van der Waals surface area contributed by atoms with Gasteiger partial charge in [0.1, 0.15) is 0 Å². The molecule has 86 valence electrons. The van der Waals surface area contributed by atoms with Gasteiger partial charge in [-0.3, -0.25) is 14.4 Å². The van der Waals surface area contributed by atoms with Crippen LogP contribution in [0.3, 0.4) is 0 Å². The van der Waals surface area contributed by atoms with Crippen molar-refractivity contribution >= 4 is 17.8 Å². The van der Waals surface area contributed by atoms with Crippen LogP contribution in [0.5, 0.6) is 0 Å². The number of aliphatic carboxylic acids is 1. The molecule has 0 aliphatic rings. The second-order valence-corrected chi connectivity index (χ2v) is 3.44. The first-order chi connectivity index (χ1) is 6.82. The van der Waals surface area contributed by atoms with E-state index in [0.717, 1.165) is 0 Å². The van der Waals surface area contributed by atoms with Gasteiger partial charge in [-0.15, -0.1) is 0 Å². The van der Waals surface area contributed by atoms with Gasteiger partial charge in [-0.1, -0.05) is 0 Å². The number of nitrogens with one attached hydrogen (secondary N) is 1. The summed E-state index contributed by atoms with van der Waals surface area (Å²) < 4.78 is 0. The fourth-order valence-electron chi connectivity index (χ4n) is 0.960. The molecular weight excluding hydrogens is 200 g/mol. The topological polar surface area (TPSA) is 86.7 Å². The van der Waals surface area contributed by atoms with Gasteiger partial charge in [0.15, 0.2) is 0 Å². The molecule has 6 heteroatoms. The molecule has 0 aromatic carbocycles. The van der Waals surface area contributed by atoms with E-state index >= 15 is 0 Å². The standard InChI is InChI=1S/C9H16N2O4/c1-6(4-9(14)15)10-8(13)5-11(3)7(2)12/h6H,4-5H2,1-3H3,(H,10,13)(H,14,15). The number of hydrogen-bond acceptors (Lipinski definition) is 3. The van der Waals surface area contributed by atoms with Crippen LogP contribution in [-0.2, 0) is 14.4 Å². The van der Waals surface area contributed by atoms with E-state index in [2.05, 4.69) is 5.32 Å². The minimum Gasteiger partial charge on any atom is -0.481 e. The first kappa shape index (κ1) is 13.4. The van der Waals surface area contributed by atoms with Gasteiger partial charge in [-0.2, -0.15) is 0 Å². The fraction of sp³-hybridized carbons (Fsp3) is 0.667. The molecule has 2 amide bonds. The normalized spacial score (nSPS) is 11.7. The number of rotatable bonds is 5. The molecule has 0 fully saturated rings. The number of carbonyl (C=O) groups is 3. The van der Waals surface area contributed by atoms with E-state index in [1.165, 1.54) is 18.9 Å². The molecule has 1 atom stereocenters. The first-order valence-corrected chi connectivity index (χ1v) is 4.55. The summed E-state index contributed by atoms with van der Waals surface area (Å²) in [4.78, 5) is 33.6. The Morgan fingerprint density at radius 1 is 1.40 bits per heavy atom. The van der Waals surface area contributed by atoms with Crippen LogP contribution in [0.2, 0.25) is 0 Å². The quantitative estimate of drug-likeness (QED) is 0.645. The van der Waals surface area contributed by atoms with Crippen molar-refractivity contribution in [1.82, 2.24) is 10.2 Å². The third kappa shape index (κ3) is 6.48. The van der Waals surface area contributed by atoms with Crippen LogP contribution in [0.25, 0.3) is 0 Å². The Labute approximate surface area is 88.2 Å². The van der Waals surface area contributed by atoms with Gasteiger partial charge in [-0.05, 0) is 6.92 Å². The molecule has 15 heavy (non-hydrogen) atoms. The largest absolute Gasteiger partial charge is 0.481 e. The van der Waals surface area contributed by atoms with E-state index in [9.17, 15) is 14.4 Å². The molecule has 0 saturated heterocycles.